The third-order valence-electron chi connectivity index (χ3n) is 4.31. The van der Waals surface area contributed by atoms with Crippen LogP contribution < -0.4 is 5.32 Å². The first-order chi connectivity index (χ1) is 8.28. The average molecular weight is 240 g/mol. The number of nitrogens with zero attached hydrogens (tertiary/aromatic N) is 1. The number of β-amino-alcohol motifs (C(OH)–C–C–N with tert-alkyl or cyclic N) is 1. The Bertz CT molecular complexity index is 222. The van der Waals surface area contributed by atoms with Gasteiger partial charge < -0.3 is 15.3 Å². The maximum absolute atomic E-state index is 9.52. The lowest BCUT2D eigenvalue weighted by Crippen LogP contribution is -2.38. The summed E-state index contributed by atoms with van der Waals surface area (Å²) in [5.41, 5.74) is 0. The summed E-state index contributed by atoms with van der Waals surface area (Å²) in [6.07, 6.45) is 7.73. The van der Waals surface area contributed by atoms with Gasteiger partial charge in [0.2, 0.25) is 0 Å². The molecule has 3 nitrogen and oxygen atoms in total. The molecule has 0 aromatic carbocycles. The number of aliphatic hydroxyl groups is 1. The molecule has 0 spiro atoms. The van der Waals surface area contributed by atoms with Crippen molar-refractivity contribution in [3.8, 4) is 0 Å². The van der Waals surface area contributed by atoms with E-state index in [2.05, 4.69) is 17.1 Å². The molecule has 17 heavy (non-hydrogen) atoms. The minimum Gasteiger partial charge on any atom is -0.392 e. The molecular weight excluding hydrogens is 212 g/mol. The van der Waals surface area contributed by atoms with Crippen LogP contribution in [0.2, 0.25) is 0 Å². The third-order valence-corrected chi connectivity index (χ3v) is 4.31. The Morgan fingerprint density at radius 3 is 2.88 bits per heavy atom. The normalized spacial score (nSPS) is 36.0. The van der Waals surface area contributed by atoms with Crippen molar-refractivity contribution in [2.75, 3.05) is 26.2 Å². The predicted octanol–water partition coefficient (Wildman–Crippen LogP) is 1.61. The van der Waals surface area contributed by atoms with Crippen LogP contribution in [0.1, 0.15) is 45.4 Å². The largest absolute Gasteiger partial charge is 0.392 e. The van der Waals surface area contributed by atoms with E-state index in [-0.39, 0.29) is 6.10 Å². The van der Waals surface area contributed by atoms with Crippen LogP contribution in [-0.2, 0) is 0 Å². The first-order valence-electron chi connectivity index (χ1n) is 7.41. The van der Waals surface area contributed by atoms with E-state index in [4.69, 9.17) is 0 Å². The van der Waals surface area contributed by atoms with E-state index in [0.717, 1.165) is 25.4 Å². The molecule has 0 aromatic rings. The van der Waals surface area contributed by atoms with Gasteiger partial charge in [-0.25, -0.2) is 0 Å². The van der Waals surface area contributed by atoms with Crippen molar-refractivity contribution in [1.29, 1.82) is 0 Å². The average Bonchev–Trinajstić information content (AvgIpc) is 2.58. The van der Waals surface area contributed by atoms with Gasteiger partial charge in [0, 0.05) is 19.1 Å². The molecule has 2 rings (SSSR count). The molecule has 2 saturated heterocycles. The van der Waals surface area contributed by atoms with Crippen LogP contribution in [0.25, 0.3) is 0 Å². The lowest BCUT2D eigenvalue weighted by Gasteiger charge is -2.23. The number of rotatable bonds is 4. The quantitative estimate of drug-likeness (QED) is 0.784. The van der Waals surface area contributed by atoms with Crippen molar-refractivity contribution in [2.45, 2.75) is 57.6 Å². The Morgan fingerprint density at radius 1 is 1.29 bits per heavy atom. The van der Waals surface area contributed by atoms with E-state index < -0.39 is 0 Å². The predicted molar refractivity (Wildman–Crippen MR) is 71.1 cm³/mol. The van der Waals surface area contributed by atoms with E-state index in [1.165, 1.54) is 45.2 Å². The van der Waals surface area contributed by atoms with E-state index in [0.29, 0.717) is 6.04 Å². The number of hydrogen-bond donors (Lipinski definition) is 2. The van der Waals surface area contributed by atoms with Crippen molar-refractivity contribution < 1.29 is 5.11 Å². The van der Waals surface area contributed by atoms with Gasteiger partial charge in [-0.05, 0) is 44.7 Å². The second kappa shape index (κ2) is 6.72. The summed E-state index contributed by atoms with van der Waals surface area (Å²) in [6, 6.07) is 0.521. The van der Waals surface area contributed by atoms with E-state index >= 15 is 0 Å². The van der Waals surface area contributed by atoms with Crippen LogP contribution in [0.4, 0.5) is 0 Å². The zero-order valence-corrected chi connectivity index (χ0v) is 11.2. The van der Waals surface area contributed by atoms with Crippen molar-refractivity contribution in [3.05, 3.63) is 0 Å². The Balaban J connectivity index is 1.71. The lowest BCUT2D eigenvalue weighted by atomic mass is 9.96. The number of aliphatic hydroxyl groups excluding tert-OH is 1. The van der Waals surface area contributed by atoms with Crippen LogP contribution in [-0.4, -0.2) is 48.3 Å². The minimum atomic E-state index is -0.111. The molecule has 0 aliphatic carbocycles. The summed E-state index contributed by atoms with van der Waals surface area (Å²) in [5, 5.41) is 12.9. The molecule has 2 aliphatic rings. The summed E-state index contributed by atoms with van der Waals surface area (Å²) in [7, 11) is 0. The molecule has 2 fully saturated rings. The molecule has 0 amide bonds. The molecule has 2 heterocycles. The Hall–Kier alpha value is -0.120. The van der Waals surface area contributed by atoms with Gasteiger partial charge in [-0.3, -0.25) is 0 Å². The summed E-state index contributed by atoms with van der Waals surface area (Å²) in [5.74, 6) is 0.965. The summed E-state index contributed by atoms with van der Waals surface area (Å²) in [6.45, 7) is 6.74. The molecule has 100 valence electrons. The van der Waals surface area contributed by atoms with Gasteiger partial charge in [0.05, 0.1) is 6.10 Å². The SMILES string of the molecule is CCCC1CCCN(CC2CC(O)CN2)CC1. The van der Waals surface area contributed by atoms with Gasteiger partial charge in [0.15, 0.2) is 0 Å². The van der Waals surface area contributed by atoms with Crippen molar-refractivity contribution in [1.82, 2.24) is 10.2 Å². The fraction of sp³-hybridized carbons (Fsp3) is 1.00. The monoisotopic (exact) mass is 240 g/mol. The highest BCUT2D eigenvalue weighted by atomic mass is 16.3. The van der Waals surface area contributed by atoms with Gasteiger partial charge in [-0.2, -0.15) is 0 Å². The summed E-state index contributed by atoms with van der Waals surface area (Å²) < 4.78 is 0. The van der Waals surface area contributed by atoms with Crippen LogP contribution >= 0.6 is 0 Å². The fourth-order valence-electron chi connectivity index (χ4n) is 3.35. The highest BCUT2D eigenvalue weighted by molar-refractivity contribution is 4.84. The molecule has 0 saturated carbocycles. The van der Waals surface area contributed by atoms with Crippen molar-refractivity contribution >= 4 is 0 Å². The fourth-order valence-corrected chi connectivity index (χ4v) is 3.35. The maximum Gasteiger partial charge on any atom is 0.0680 e. The number of hydrogen-bond acceptors (Lipinski definition) is 3. The summed E-state index contributed by atoms with van der Waals surface area (Å²) >= 11 is 0. The highest BCUT2D eigenvalue weighted by Crippen LogP contribution is 2.22. The van der Waals surface area contributed by atoms with Gasteiger partial charge in [0.1, 0.15) is 0 Å². The standard InChI is InChI=1S/C14H28N2O/c1-2-4-12-5-3-7-16(8-6-12)11-13-9-14(17)10-15-13/h12-15,17H,2-11H2,1H3. The lowest BCUT2D eigenvalue weighted by molar-refractivity contribution is 0.187. The number of nitrogens with one attached hydrogen (secondary N) is 1. The molecule has 2 aliphatic heterocycles. The van der Waals surface area contributed by atoms with Gasteiger partial charge in [-0.15, -0.1) is 0 Å². The summed E-state index contributed by atoms with van der Waals surface area (Å²) in [4.78, 5) is 2.60. The second-order valence-electron chi connectivity index (χ2n) is 5.88. The molecule has 3 heteroatoms. The Kier molecular flexibility index (Phi) is 5.26. The van der Waals surface area contributed by atoms with Gasteiger partial charge in [0.25, 0.3) is 0 Å². The number of likely N-dealkylation sites (tertiary alicyclic amines) is 1. The minimum absolute atomic E-state index is 0.111. The van der Waals surface area contributed by atoms with Crippen LogP contribution in [0, 0.1) is 5.92 Å². The zero-order valence-electron chi connectivity index (χ0n) is 11.2. The Morgan fingerprint density at radius 2 is 2.18 bits per heavy atom. The molecule has 3 unspecified atom stereocenters. The smallest absolute Gasteiger partial charge is 0.0680 e. The molecule has 2 N–H and O–H groups in total. The van der Waals surface area contributed by atoms with Gasteiger partial charge in [-0.1, -0.05) is 19.8 Å². The first kappa shape index (κ1) is 13.3. The maximum atomic E-state index is 9.52. The molecule has 3 atom stereocenters. The van der Waals surface area contributed by atoms with Crippen LogP contribution in [0.5, 0.6) is 0 Å². The first-order valence-corrected chi connectivity index (χ1v) is 7.41. The third kappa shape index (κ3) is 4.23. The van der Waals surface area contributed by atoms with Crippen LogP contribution in [0.15, 0.2) is 0 Å². The molecule has 0 aromatic heterocycles. The second-order valence-corrected chi connectivity index (χ2v) is 5.88. The van der Waals surface area contributed by atoms with Crippen LogP contribution in [0.3, 0.4) is 0 Å². The topological polar surface area (TPSA) is 35.5 Å². The van der Waals surface area contributed by atoms with Crippen molar-refractivity contribution in [2.24, 2.45) is 5.92 Å². The van der Waals surface area contributed by atoms with E-state index in [1.807, 2.05) is 0 Å². The highest BCUT2D eigenvalue weighted by Gasteiger charge is 2.25. The van der Waals surface area contributed by atoms with E-state index in [9.17, 15) is 5.11 Å². The van der Waals surface area contributed by atoms with Gasteiger partial charge >= 0.3 is 0 Å². The van der Waals surface area contributed by atoms with Crippen molar-refractivity contribution in [3.63, 3.8) is 0 Å². The molecular formula is C14H28N2O. The molecule has 0 radical (unpaired) electrons. The zero-order chi connectivity index (χ0) is 12.1. The molecule has 0 bridgehead atoms. The Labute approximate surface area is 106 Å². The van der Waals surface area contributed by atoms with E-state index in [1.54, 1.807) is 0 Å².